The van der Waals surface area contributed by atoms with Gasteiger partial charge < -0.3 is 5.11 Å². The molecule has 0 bridgehead atoms. The van der Waals surface area contributed by atoms with Crippen molar-refractivity contribution in [2.75, 3.05) is 0 Å². The van der Waals surface area contributed by atoms with Crippen LogP contribution in [0.1, 0.15) is 5.69 Å². The van der Waals surface area contributed by atoms with Crippen molar-refractivity contribution in [3.63, 3.8) is 0 Å². The molecule has 0 aliphatic rings. The average Bonchev–Trinajstić information content (AvgIpc) is 2.17. The normalized spacial score (nSPS) is 10.6. The van der Waals surface area contributed by atoms with Crippen LogP contribution in [0.15, 0.2) is 30.3 Å². The third-order valence-corrected chi connectivity index (χ3v) is 2.11. The smallest absolute Gasteiger partial charge is 0.0853 e. The molecule has 2 aromatic rings. The maximum atomic E-state index is 8.86. The predicted molar refractivity (Wildman–Crippen MR) is 52.7 cm³/mol. The summed E-state index contributed by atoms with van der Waals surface area (Å²) in [6, 6.07) is 9.18. The number of rotatable bonds is 1. The summed E-state index contributed by atoms with van der Waals surface area (Å²) in [5, 5.41) is 10.6. The lowest BCUT2D eigenvalue weighted by Gasteiger charge is -1.99. The second-order valence-corrected chi connectivity index (χ2v) is 3.23. The molecule has 1 aromatic heterocycles. The fourth-order valence-corrected chi connectivity index (χ4v) is 1.41. The molecular weight excluding hydrogens is 186 g/mol. The molecule has 0 fully saturated rings. The van der Waals surface area contributed by atoms with E-state index in [2.05, 4.69) is 4.98 Å². The van der Waals surface area contributed by atoms with Crippen molar-refractivity contribution >= 4 is 22.5 Å². The van der Waals surface area contributed by atoms with Gasteiger partial charge in [0.1, 0.15) is 0 Å². The Morgan fingerprint density at radius 2 is 2.08 bits per heavy atom. The molecule has 2 rings (SSSR count). The van der Waals surface area contributed by atoms with Gasteiger partial charge in [-0.05, 0) is 24.3 Å². The summed E-state index contributed by atoms with van der Waals surface area (Å²) in [6.07, 6.45) is 0. The Balaban J connectivity index is 2.66. The molecule has 0 saturated carbocycles. The number of hydrogen-bond donors (Lipinski definition) is 1. The lowest BCUT2D eigenvalue weighted by molar-refractivity contribution is 0.277. The minimum absolute atomic E-state index is 0.0292. The maximum absolute atomic E-state index is 8.86. The Labute approximate surface area is 80.8 Å². The highest BCUT2D eigenvalue weighted by Crippen LogP contribution is 2.17. The van der Waals surface area contributed by atoms with Crippen molar-refractivity contribution in [3.05, 3.63) is 41.0 Å². The Morgan fingerprint density at radius 3 is 2.85 bits per heavy atom. The Morgan fingerprint density at radius 1 is 1.23 bits per heavy atom. The molecule has 0 saturated heterocycles. The molecule has 0 radical (unpaired) electrons. The Kier molecular flexibility index (Phi) is 2.17. The number of benzene rings is 1. The highest BCUT2D eigenvalue weighted by Gasteiger charge is 1.97. The topological polar surface area (TPSA) is 33.1 Å². The molecule has 0 atom stereocenters. The van der Waals surface area contributed by atoms with Gasteiger partial charge in [0, 0.05) is 10.4 Å². The quantitative estimate of drug-likeness (QED) is 0.755. The number of pyridine rings is 1. The van der Waals surface area contributed by atoms with Crippen LogP contribution < -0.4 is 0 Å². The largest absolute Gasteiger partial charge is 0.390 e. The number of hydrogen-bond acceptors (Lipinski definition) is 2. The fourth-order valence-electron chi connectivity index (χ4n) is 1.23. The third kappa shape index (κ3) is 1.64. The number of fused-ring (bicyclic) bond motifs is 1. The SMILES string of the molecule is OCc1ccc2cc(Cl)ccc2n1. The number of halogens is 1. The van der Waals surface area contributed by atoms with Crippen molar-refractivity contribution in [2.24, 2.45) is 0 Å². The van der Waals surface area contributed by atoms with Gasteiger partial charge in [-0.25, -0.2) is 0 Å². The zero-order chi connectivity index (χ0) is 9.26. The first-order chi connectivity index (χ1) is 6.29. The molecule has 0 unspecified atom stereocenters. The van der Waals surface area contributed by atoms with Crippen molar-refractivity contribution in [1.29, 1.82) is 0 Å². The standard InChI is InChI=1S/C10H8ClNO/c11-8-2-4-10-7(5-8)1-3-9(6-13)12-10/h1-5,13H,6H2. The molecule has 2 nitrogen and oxygen atoms in total. The van der Waals surface area contributed by atoms with E-state index in [-0.39, 0.29) is 6.61 Å². The van der Waals surface area contributed by atoms with Crippen LogP contribution in [-0.2, 0) is 6.61 Å². The zero-order valence-corrected chi connectivity index (χ0v) is 7.62. The van der Waals surface area contributed by atoms with Crippen LogP contribution in [0.3, 0.4) is 0 Å². The molecule has 1 heterocycles. The van der Waals surface area contributed by atoms with Crippen molar-refractivity contribution in [3.8, 4) is 0 Å². The van der Waals surface area contributed by atoms with Crippen LogP contribution in [0.2, 0.25) is 5.02 Å². The Hall–Kier alpha value is -1.12. The molecule has 0 amide bonds. The van der Waals surface area contributed by atoms with Gasteiger partial charge in [0.25, 0.3) is 0 Å². The van der Waals surface area contributed by atoms with E-state index in [0.29, 0.717) is 10.7 Å². The molecule has 66 valence electrons. The van der Waals surface area contributed by atoms with Gasteiger partial charge in [0.2, 0.25) is 0 Å². The van der Waals surface area contributed by atoms with Crippen molar-refractivity contribution < 1.29 is 5.11 Å². The van der Waals surface area contributed by atoms with Crippen LogP contribution in [0.25, 0.3) is 10.9 Å². The molecule has 1 aromatic carbocycles. The first kappa shape index (κ1) is 8.48. The minimum atomic E-state index is -0.0292. The Bertz CT molecular complexity index is 442. The second-order valence-electron chi connectivity index (χ2n) is 2.80. The van der Waals surface area contributed by atoms with E-state index in [1.165, 1.54) is 0 Å². The maximum Gasteiger partial charge on any atom is 0.0853 e. The van der Waals surface area contributed by atoms with Crippen LogP contribution in [0, 0.1) is 0 Å². The molecular formula is C10H8ClNO. The minimum Gasteiger partial charge on any atom is -0.390 e. The van der Waals surface area contributed by atoms with Gasteiger partial charge in [-0.15, -0.1) is 0 Å². The molecule has 1 N–H and O–H groups in total. The van der Waals surface area contributed by atoms with E-state index in [1.807, 2.05) is 18.2 Å². The van der Waals surface area contributed by atoms with Crippen molar-refractivity contribution in [1.82, 2.24) is 4.98 Å². The van der Waals surface area contributed by atoms with E-state index in [1.54, 1.807) is 12.1 Å². The van der Waals surface area contributed by atoms with E-state index in [0.717, 1.165) is 10.9 Å². The van der Waals surface area contributed by atoms with Crippen LogP contribution in [0.5, 0.6) is 0 Å². The van der Waals surface area contributed by atoms with E-state index in [4.69, 9.17) is 16.7 Å². The van der Waals surface area contributed by atoms with Crippen LogP contribution >= 0.6 is 11.6 Å². The fraction of sp³-hybridized carbons (Fsp3) is 0.100. The second kappa shape index (κ2) is 3.32. The summed E-state index contributed by atoms with van der Waals surface area (Å²) in [7, 11) is 0. The van der Waals surface area contributed by atoms with Crippen molar-refractivity contribution in [2.45, 2.75) is 6.61 Å². The molecule has 0 spiro atoms. The highest BCUT2D eigenvalue weighted by molar-refractivity contribution is 6.31. The summed E-state index contributed by atoms with van der Waals surface area (Å²) in [4.78, 5) is 4.23. The zero-order valence-electron chi connectivity index (χ0n) is 6.87. The summed E-state index contributed by atoms with van der Waals surface area (Å²) in [6.45, 7) is -0.0292. The first-order valence-electron chi connectivity index (χ1n) is 3.95. The first-order valence-corrected chi connectivity index (χ1v) is 4.33. The van der Waals surface area contributed by atoms with E-state index >= 15 is 0 Å². The molecule has 0 aliphatic carbocycles. The number of aliphatic hydroxyl groups excluding tert-OH is 1. The van der Waals surface area contributed by atoms with Gasteiger partial charge in [0.15, 0.2) is 0 Å². The van der Waals surface area contributed by atoms with Crippen LogP contribution in [0.4, 0.5) is 0 Å². The summed E-state index contributed by atoms with van der Waals surface area (Å²) < 4.78 is 0. The lowest BCUT2D eigenvalue weighted by Crippen LogP contribution is -1.88. The summed E-state index contributed by atoms with van der Waals surface area (Å²) >= 11 is 5.82. The number of nitrogens with zero attached hydrogens (tertiary/aromatic N) is 1. The van der Waals surface area contributed by atoms with Gasteiger partial charge in [-0.1, -0.05) is 17.7 Å². The lowest BCUT2D eigenvalue weighted by atomic mass is 10.2. The van der Waals surface area contributed by atoms with Gasteiger partial charge in [0.05, 0.1) is 17.8 Å². The summed E-state index contributed by atoms with van der Waals surface area (Å²) in [5.74, 6) is 0. The molecule has 13 heavy (non-hydrogen) atoms. The van der Waals surface area contributed by atoms with Crippen LogP contribution in [-0.4, -0.2) is 10.1 Å². The van der Waals surface area contributed by atoms with Gasteiger partial charge in [-0.3, -0.25) is 4.98 Å². The van der Waals surface area contributed by atoms with E-state index in [9.17, 15) is 0 Å². The summed E-state index contributed by atoms with van der Waals surface area (Å²) in [5.41, 5.74) is 1.53. The van der Waals surface area contributed by atoms with E-state index < -0.39 is 0 Å². The molecule has 3 heteroatoms. The highest BCUT2D eigenvalue weighted by atomic mass is 35.5. The predicted octanol–water partition coefficient (Wildman–Crippen LogP) is 2.38. The monoisotopic (exact) mass is 193 g/mol. The van der Waals surface area contributed by atoms with Gasteiger partial charge >= 0.3 is 0 Å². The van der Waals surface area contributed by atoms with Gasteiger partial charge in [-0.2, -0.15) is 0 Å². The molecule has 0 aliphatic heterocycles. The number of aromatic nitrogens is 1. The third-order valence-electron chi connectivity index (χ3n) is 1.87. The number of aliphatic hydroxyl groups is 1. The average molecular weight is 194 g/mol.